The van der Waals surface area contributed by atoms with Crippen molar-refractivity contribution >= 4 is 23.2 Å². The summed E-state index contributed by atoms with van der Waals surface area (Å²) >= 11 is 12.6. The molecule has 1 unspecified atom stereocenters. The Morgan fingerprint density at radius 2 is 1.65 bits per heavy atom. The minimum absolute atomic E-state index is 0.284. The molecule has 0 saturated carbocycles. The van der Waals surface area contributed by atoms with Gasteiger partial charge in [-0.15, -0.1) is 11.6 Å². The highest BCUT2D eigenvalue weighted by Gasteiger charge is 2.17. The maximum absolute atomic E-state index is 6.58. The van der Waals surface area contributed by atoms with E-state index in [1.165, 1.54) is 0 Å². The molecule has 0 heterocycles. The van der Waals surface area contributed by atoms with Crippen molar-refractivity contribution in [1.29, 1.82) is 0 Å². The Morgan fingerprint density at radius 1 is 1.00 bits per heavy atom. The molecular weight excluding hydrogens is 295 g/mol. The smallest absolute Gasteiger partial charge is 0.161 e. The number of hydrogen-bond donors (Lipinski definition) is 0. The SMILES string of the molecule is COc1cc(C)c(C(Cl)c2cccc(Cl)c2)cc1OC. The third-order valence-electron chi connectivity index (χ3n) is 3.19. The number of alkyl halides is 1. The first-order valence-corrected chi connectivity index (χ1v) is 7.00. The van der Waals surface area contributed by atoms with Crippen LogP contribution in [0.3, 0.4) is 0 Å². The summed E-state index contributed by atoms with van der Waals surface area (Å²) in [6.45, 7) is 2.00. The van der Waals surface area contributed by atoms with Gasteiger partial charge in [-0.3, -0.25) is 0 Å². The second-order valence-corrected chi connectivity index (χ2v) is 5.35. The molecule has 0 radical (unpaired) electrons. The van der Waals surface area contributed by atoms with Gasteiger partial charge in [-0.2, -0.15) is 0 Å². The van der Waals surface area contributed by atoms with Crippen LogP contribution in [0.2, 0.25) is 5.02 Å². The van der Waals surface area contributed by atoms with Crippen LogP contribution in [0, 0.1) is 6.92 Å². The molecule has 0 aliphatic rings. The fourth-order valence-electron chi connectivity index (χ4n) is 2.11. The molecule has 0 saturated heterocycles. The van der Waals surface area contributed by atoms with Crippen LogP contribution in [-0.2, 0) is 0 Å². The first kappa shape index (κ1) is 15.0. The number of halogens is 2. The van der Waals surface area contributed by atoms with Gasteiger partial charge >= 0.3 is 0 Å². The molecule has 20 heavy (non-hydrogen) atoms. The van der Waals surface area contributed by atoms with Crippen LogP contribution < -0.4 is 9.47 Å². The van der Waals surface area contributed by atoms with Crippen molar-refractivity contribution in [2.75, 3.05) is 14.2 Å². The van der Waals surface area contributed by atoms with E-state index >= 15 is 0 Å². The number of aryl methyl sites for hydroxylation is 1. The van der Waals surface area contributed by atoms with Crippen molar-refractivity contribution in [2.24, 2.45) is 0 Å². The van der Waals surface area contributed by atoms with Gasteiger partial charge in [0.1, 0.15) is 0 Å². The number of methoxy groups -OCH3 is 2. The topological polar surface area (TPSA) is 18.5 Å². The molecule has 0 N–H and O–H groups in total. The maximum Gasteiger partial charge on any atom is 0.161 e. The van der Waals surface area contributed by atoms with Gasteiger partial charge in [0.25, 0.3) is 0 Å². The highest BCUT2D eigenvalue weighted by atomic mass is 35.5. The van der Waals surface area contributed by atoms with E-state index in [2.05, 4.69) is 0 Å². The zero-order chi connectivity index (χ0) is 14.7. The first-order valence-electron chi connectivity index (χ1n) is 6.19. The number of rotatable bonds is 4. The van der Waals surface area contributed by atoms with Crippen molar-refractivity contribution in [3.63, 3.8) is 0 Å². The lowest BCUT2D eigenvalue weighted by atomic mass is 9.99. The van der Waals surface area contributed by atoms with E-state index in [1.807, 2.05) is 43.3 Å². The second kappa shape index (κ2) is 6.38. The molecule has 1 atom stereocenters. The van der Waals surface area contributed by atoms with Crippen LogP contribution in [0.15, 0.2) is 36.4 Å². The summed E-state index contributed by atoms with van der Waals surface area (Å²) in [7, 11) is 3.23. The lowest BCUT2D eigenvalue weighted by Gasteiger charge is -2.17. The molecule has 2 rings (SSSR count). The lowest BCUT2D eigenvalue weighted by molar-refractivity contribution is 0.354. The van der Waals surface area contributed by atoms with E-state index < -0.39 is 0 Å². The van der Waals surface area contributed by atoms with E-state index in [4.69, 9.17) is 32.7 Å². The summed E-state index contributed by atoms with van der Waals surface area (Å²) in [6, 6.07) is 11.4. The summed E-state index contributed by atoms with van der Waals surface area (Å²) in [6.07, 6.45) is 0. The zero-order valence-corrected chi connectivity index (χ0v) is 13.1. The van der Waals surface area contributed by atoms with E-state index in [-0.39, 0.29) is 5.38 Å². The molecule has 0 fully saturated rings. The summed E-state index contributed by atoms with van der Waals surface area (Å²) in [5, 5.41) is 0.389. The standard InChI is InChI=1S/C16H16Cl2O2/c1-10-7-14(19-2)15(20-3)9-13(10)16(18)11-5-4-6-12(17)8-11/h4-9,16H,1-3H3. The highest BCUT2D eigenvalue weighted by molar-refractivity contribution is 6.30. The van der Waals surface area contributed by atoms with E-state index in [0.29, 0.717) is 16.5 Å². The summed E-state index contributed by atoms with van der Waals surface area (Å²) in [5.41, 5.74) is 2.98. The average molecular weight is 311 g/mol. The predicted octanol–water partition coefficient (Wildman–Crippen LogP) is 4.99. The Hall–Kier alpha value is -1.38. The Morgan fingerprint density at radius 3 is 2.25 bits per heavy atom. The van der Waals surface area contributed by atoms with Gasteiger partial charge in [-0.05, 0) is 47.9 Å². The largest absolute Gasteiger partial charge is 0.493 e. The minimum atomic E-state index is -0.284. The maximum atomic E-state index is 6.58. The molecule has 0 aliphatic carbocycles. The van der Waals surface area contributed by atoms with Gasteiger partial charge in [0.15, 0.2) is 11.5 Å². The van der Waals surface area contributed by atoms with Gasteiger partial charge < -0.3 is 9.47 Å². The first-order chi connectivity index (χ1) is 9.56. The molecule has 0 spiro atoms. The van der Waals surface area contributed by atoms with Crippen LogP contribution in [0.4, 0.5) is 0 Å². The van der Waals surface area contributed by atoms with Gasteiger partial charge in [0.2, 0.25) is 0 Å². The van der Waals surface area contributed by atoms with Crippen LogP contribution in [-0.4, -0.2) is 14.2 Å². The zero-order valence-electron chi connectivity index (χ0n) is 11.6. The Balaban J connectivity index is 2.46. The second-order valence-electron chi connectivity index (χ2n) is 4.48. The monoisotopic (exact) mass is 310 g/mol. The number of hydrogen-bond acceptors (Lipinski definition) is 2. The average Bonchev–Trinajstić information content (AvgIpc) is 2.46. The normalized spacial score (nSPS) is 12.1. The fourth-order valence-corrected chi connectivity index (χ4v) is 2.68. The van der Waals surface area contributed by atoms with E-state index in [0.717, 1.165) is 16.7 Å². The minimum Gasteiger partial charge on any atom is -0.493 e. The third-order valence-corrected chi connectivity index (χ3v) is 3.91. The third kappa shape index (κ3) is 3.02. The lowest BCUT2D eigenvalue weighted by Crippen LogP contribution is -1.99. The highest BCUT2D eigenvalue weighted by Crippen LogP contribution is 2.38. The Kier molecular flexibility index (Phi) is 4.79. The molecule has 2 aromatic carbocycles. The summed E-state index contributed by atoms with van der Waals surface area (Å²) < 4.78 is 10.6. The van der Waals surface area contributed by atoms with Crippen molar-refractivity contribution < 1.29 is 9.47 Å². The van der Waals surface area contributed by atoms with Gasteiger partial charge in [0.05, 0.1) is 19.6 Å². The van der Waals surface area contributed by atoms with Crippen LogP contribution >= 0.6 is 23.2 Å². The summed E-state index contributed by atoms with van der Waals surface area (Å²) in [5.74, 6) is 1.37. The fraction of sp³-hybridized carbons (Fsp3) is 0.250. The number of benzene rings is 2. The van der Waals surface area contributed by atoms with Crippen LogP contribution in [0.5, 0.6) is 11.5 Å². The molecular formula is C16H16Cl2O2. The molecule has 0 aliphatic heterocycles. The van der Waals surface area contributed by atoms with Crippen molar-refractivity contribution in [1.82, 2.24) is 0 Å². The van der Waals surface area contributed by atoms with Crippen molar-refractivity contribution in [3.8, 4) is 11.5 Å². The van der Waals surface area contributed by atoms with Crippen LogP contribution in [0.25, 0.3) is 0 Å². The van der Waals surface area contributed by atoms with Crippen molar-refractivity contribution in [3.05, 3.63) is 58.1 Å². The molecule has 0 aromatic heterocycles. The van der Waals surface area contributed by atoms with Gasteiger partial charge in [-0.25, -0.2) is 0 Å². The van der Waals surface area contributed by atoms with E-state index in [9.17, 15) is 0 Å². The molecule has 0 amide bonds. The van der Waals surface area contributed by atoms with Crippen molar-refractivity contribution in [2.45, 2.75) is 12.3 Å². The quantitative estimate of drug-likeness (QED) is 0.740. The number of ether oxygens (including phenoxy) is 2. The molecule has 2 aromatic rings. The molecule has 2 nitrogen and oxygen atoms in total. The molecule has 0 bridgehead atoms. The summed E-state index contributed by atoms with van der Waals surface area (Å²) in [4.78, 5) is 0. The van der Waals surface area contributed by atoms with Gasteiger partial charge in [0, 0.05) is 5.02 Å². The van der Waals surface area contributed by atoms with Crippen LogP contribution in [0.1, 0.15) is 22.1 Å². The predicted molar refractivity (Wildman–Crippen MR) is 83.4 cm³/mol. The molecule has 106 valence electrons. The van der Waals surface area contributed by atoms with E-state index in [1.54, 1.807) is 14.2 Å². The Bertz CT molecular complexity index is 611. The van der Waals surface area contributed by atoms with Gasteiger partial charge in [-0.1, -0.05) is 23.7 Å². The molecule has 4 heteroatoms. The Labute approximate surface area is 129 Å².